The third-order valence-electron chi connectivity index (χ3n) is 2.37. The SMILES string of the molecule is OC(c1ccccc1)c1cc(Cl)ccc1F. The van der Waals surface area contributed by atoms with Crippen molar-refractivity contribution in [1.29, 1.82) is 0 Å². The number of hydrogen-bond acceptors (Lipinski definition) is 1. The highest BCUT2D eigenvalue weighted by Crippen LogP contribution is 2.26. The van der Waals surface area contributed by atoms with Crippen LogP contribution >= 0.6 is 11.6 Å². The molecule has 82 valence electrons. The predicted molar refractivity (Wildman–Crippen MR) is 61.9 cm³/mol. The summed E-state index contributed by atoms with van der Waals surface area (Å²) in [6.45, 7) is 0. The van der Waals surface area contributed by atoms with E-state index in [0.29, 0.717) is 10.6 Å². The maximum absolute atomic E-state index is 13.5. The predicted octanol–water partition coefficient (Wildman–Crippen LogP) is 3.56. The van der Waals surface area contributed by atoms with Gasteiger partial charge in [-0.05, 0) is 23.8 Å². The summed E-state index contributed by atoms with van der Waals surface area (Å²) in [6, 6.07) is 13.1. The van der Waals surface area contributed by atoms with Crippen LogP contribution in [0.1, 0.15) is 17.2 Å². The third kappa shape index (κ3) is 2.23. The molecule has 1 nitrogen and oxygen atoms in total. The van der Waals surface area contributed by atoms with Crippen molar-refractivity contribution in [3.8, 4) is 0 Å². The standard InChI is InChI=1S/C13H10ClFO/c14-10-6-7-12(15)11(8-10)13(16)9-4-2-1-3-5-9/h1-8,13,16H. The zero-order chi connectivity index (χ0) is 11.5. The molecule has 2 rings (SSSR count). The quantitative estimate of drug-likeness (QED) is 0.845. The van der Waals surface area contributed by atoms with Gasteiger partial charge in [0, 0.05) is 10.6 Å². The van der Waals surface area contributed by atoms with E-state index in [2.05, 4.69) is 0 Å². The van der Waals surface area contributed by atoms with Crippen molar-refractivity contribution in [2.75, 3.05) is 0 Å². The van der Waals surface area contributed by atoms with E-state index in [4.69, 9.17) is 11.6 Å². The zero-order valence-corrected chi connectivity index (χ0v) is 9.16. The summed E-state index contributed by atoms with van der Waals surface area (Å²) in [6.07, 6.45) is -0.986. The Kier molecular flexibility index (Phi) is 3.22. The molecule has 0 aliphatic heterocycles. The maximum Gasteiger partial charge on any atom is 0.129 e. The van der Waals surface area contributed by atoms with Gasteiger partial charge in [0.15, 0.2) is 0 Å². The number of aliphatic hydroxyl groups is 1. The number of aliphatic hydroxyl groups excluding tert-OH is 1. The molecule has 2 aromatic carbocycles. The highest BCUT2D eigenvalue weighted by atomic mass is 35.5. The lowest BCUT2D eigenvalue weighted by molar-refractivity contribution is 0.215. The molecule has 0 spiro atoms. The van der Waals surface area contributed by atoms with E-state index in [0.717, 1.165) is 0 Å². The first-order valence-electron chi connectivity index (χ1n) is 4.86. The van der Waals surface area contributed by atoms with Crippen molar-refractivity contribution < 1.29 is 9.50 Å². The fraction of sp³-hybridized carbons (Fsp3) is 0.0769. The lowest BCUT2D eigenvalue weighted by atomic mass is 10.0. The van der Waals surface area contributed by atoms with Gasteiger partial charge in [-0.25, -0.2) is 4.39 Å². The fourth-order valence-corrected chi connectivity index (χ4v) is 1.72. The molecule has 3 heteroatoms. The lowest BCUT2D eigenvalue weighted by Gasteiger charge is -2.12. The molecule has 2 aromatic rings. The second kappa shape index (κ2) is 4.64. The van der Waals surface area contributed by atoms with Gasteiger partial charge in [-0.1, -0.05) is 41.9 Å². The van der Waals surface area contributed by atoms with Crippen molar-refractivity contribution in [3.05, 3.63) is 70.5 Å². The Balaban J connectivity index is 2.41. The molecule has 0 radical (unpaired) electrons. The molecule has 0 bridgehead atoms. The number of benzene rings is 2. The molecule has 0 aliphatic rings. The van der Waals surface area contributed by atoms with Crippen LogP contribution < -0.4 is 0 Å². The number of hydrogen-bond donors (Lipinski definition) is 1. The van der Waals surface area contributed by atoms with Crippen LogP contribution in [0.4, 0.5) is 4.39 Å². The number of rotatable bonds is 2. The summed E-state index contributed by atoms with van der Waals surface area (Å²) in [7, 11) is 0. The normalized spacial score (nSPS) is 12.4. The molecular formula is C13H10ClFO. The Labute approximate surface area is 98.1 Å². The molecule has 0 amide bonds. The van der Waals surface area contributed by atoms with E-state index in [9.17, 15) is 9.50 Å². The van der Waals surface area contributed by atoms with Crippen molar-refractivity contribution in [1.82, 2.24) is 0 Å². The van der Waals surface area contributed by atoms with Crippen LogP contribution in [0.5, 0.6) is 0 Å². The molecule has 1 unspecified atom stereocenters. The van der Waals surface area contributed by atoms with E-state index in [-0.39, 0.29) is 5.56 Å². The van der Waals surface area contributed by atoms with E-state index >= 15 is 0 Å². The van der Waals surface area contributed by atoms with Gasteiger partial charge in [-0.15, -0.1) is 0 Å². The van der Waals surface area contributed by atoms with Crippen molar-refractivity contribution in [2.24, 2.45) is 0 Å². The summed E-state index contributed by atoms with van der Waals surface area (Å²) < 4.78 is 13.5. The molecular weight excluding hydrogens is 227 g/mol. The smallest absolute Gasteiger partial charge is 0.129 e. The monoisotopic (exact) mass is 236 g/mol. The number of halogens is 2. The van der Waals surface area contributed by atoms with Gasteiger partial charge in [0.05, 0.1) is 0 Å². The summed E-state index contributed by atoms with van der Waals surface area (Å²) in [5.41, 5.74) is 0.836. The van der Waals surface area contributed by atoms with Gasteiger partial charge in [-0.2, -0.15) is 0 Å². The second-order valence-corrected chi connectivity index (χ2v) is 3.92. The molecule has 0 aromatic heterocycles. The van der Waals surface area contributed by atoms with Crippen LogP contribution in [0.15, 0.2) is 48.5 Å². The van der Waals surface area contributed by atoms with Crippen LogP contribution in [0.2, 0.25) is 5.02 Å². The van der Waals surface area contributed by atoms with Crippen LogP contribution in [0.25, 0.3) is 0 Å². The summed E-state index contributed by atoms with van der Waals surface area (Å²) in [5.74, 6) is -0.458. The average molecular weight is 237 g/mol. The lowest BCUT2D eigenvalue weighted by Crippen LogP contribution is -2.02. The molecule has 0 saturated heterocycles. The summed E-state index contributed by atoms with van der Waals surface area (Å²) in [4.78, 5) is 0. The Hall–Kier alpha value is -1.38. The highest BCUT2D eigenvalue weighted by molar-refractivity contribution is 6.30. The molecule has 0 heterocycles. The first-order valence-corrected chi connectivity index (χ1v) is 5.24. The Morgan fingerprint density at radius 3 is 2.44 bits per heavy atom. The first kappa shape index (κ1) is 11.1. The van der Waals surface area contributed by atoms with E-state index < -0.39 is 11.9 Å². The van der Waals surface area contributed by atoms with Crippen LogP contribution in [0.3, 0.4) is 0 Å². The van der Waals surface area contributed by atoms with Crippen LogP contribution in [-0.4, -0.2) is 5.11 Å². The largest absolute Gasteiger partial charge is 0.384 e. The Bertz CT molecular complexity index is 485. The summed E-state index contributed by atoms with van der Waals surface area (Å²) >= 11 is 5.77. The van der Waals surface area contributed by atoms with Gasteiger partial charge in [0.2, 0.25) is 0 Å². The minimum atomic E-state index is -0.986. The molecule has 0 aliphatic carbocycles. The Morgan fingerprint density at radius 1 is 1.06 bits per heavy atom. The molecule has 0 fully saturated rings. The minimum absolute atomic E-state index is 0.193. The molecule has 16 heavy (non-hydrogen) atoms. The van der Waals surface area contributed by atoms with Gasteiger partial charge in [0.25, 0.3) is 0 Å². The summed E-state index contributed by atoms with van der Waals surface area (Å²) in [5, 5.41) is 10.4. The van der Waals surface area contributed by atoms with E-state index in [1.807, 2.05) is 6.07 Å². The van der Waals surface area contributed by atoms with Crippen molar-refractivity contribution in [3.63, 3.8) is 0 Å². The molecule has 0 saturated carbocycles. The van der Waals surface area contributed by atoms with E-state index in [1.54, 1.807) is 24.3 Å². The Morgan fingerprint density at radius 2 is 1.75 bits per heavy atom. The maximum atomic E-state index is 13.5. The van der Waals surface area contributed by atoms with Gasteiger partial charge < -0.3 is 5.11 Å². The second-order valence-electron chi connectivity index (χ2n) is 3.48. The van der Waals surface area contributed by atoms with Gasteiger partial charge in [0.1, 0.15) is 11.9 Å². The zero-order valence-electron chi connectivity index (χ0n) is 8.40. The fourth-order valence-electron chi connectivity index (χ4n) is 1.54. The third-order valence-corrected chi connectivity index (χ3v) is 2.60. The van der Waals surface area contributed by atoms with Crippen LogP contribution in [-0.2, 0) is 0 Å². The van der Waals surface area contributed by atoms with E-state index in [1.165, 1.54) is 18.2 Å². The van der Waals surface area contributed by atoms with Crippen molar-refractivity contribution in [2.45, 2.75) is 6.10 Å². The van der Waals surface area contributed by atoms with Gasteiger partial charge >= 0.3 is 0 Å². The highest BCUT2D eigenvalue weighted by Gasteiger charge is 2.14. The van der Waals surface area contributed by atoms with Gasteiger partial charge in [-0.3, -0.25) is 0 Å². The van der Waals surface area contributed by atoms with Crippen LogP contribution in [0, 0.1) is 5.82 Å². The molecule has 1 N–H and O–H groups in total. The topological polar surface area (TPSA) is 20.2 Å². The van der Waals surface area contributed by atoms with Crippen molar-refractivity contribution >= 4 is 11.6 Å². The first-order chi connectivity index (χ1) is 7.68. The average Bonchev–Trinajstić information content (AvgIpc) is 2.32. The molecule has 1 atom stereocenters. The minimum Gasteiger partial charge on any atom is -0.384 e.